The van der Waals surface area contributed by atoms with E-state index in [1.54, 1.807) is 0 Å². The number of nitrogens with two attached hydrogens (primary N) is 1. The predicted octanol–water partition coefficient (Wildman–Crippen LogP) is 3.13. The van der Waals surface area contributed by atoms with Crippen LogP contribution in [0.5, 0.6) is 0 Å². The summed E-state index contributed by atoms with van der Waals surface area (Å²) in [7, 11) is 0. The first-order valence-corrected chi connectivity index (χ1v) is 5.41. The Kier molecular flexibility index (Phi) is 3.82. The van der Waals surface area contributed by atoms with Gasteiger partial charge in [0.1, 0.15) is 0 Å². The third-order valence-electron chi connectivity index (χ3n) is 1.73. The average molecular weight is 270 g/mol. The molecule has 0 bridgehead atoms. The van der Waals surface area contributed by atoms with E-state index in [1.165, 1.54) is 11.3 Å². The van der Waals surface area contributed by atoms with Crippen LogP contribution < -0.4 is 5.73 Å². The Labute approximate surface area is 88.1 Å². The highest BCUT2D eigenvalue weighted by Crippen LogP contribution is 2.35. The van der Waals surface area contributed by atoms with Gasteiger partial charge in [0.05, 0.1) is 5.92 Å². The molecule has 1 aromatic rings. The van der Waals surface area contributed by atoms with E-state index in [4.69, 9.17) is 5.73 Å². The summed E-state index contributed by atoms with van der Waals surface area (Å²) in [6.45, 7) is 1.87. The average Bonchev–Trinajstić information content (AvgIpc) is 2.31. The van der Waals surface area contributed by atoms with Crippen LogP contribution in [0.15, 0.2) is 10.5 Å². The SMILES string of the molecule is Cc1cc(Br)c(C(CN)C(F)F)s1. The highest BCUT2D eigenvalue weighted by Gasteiger charge is 2.24. The molecule has 0 saturated carbocycles. The van der Waals surface area contributed by atoms with Crippen LogP contribution in [-0.2, 0) is 0 Å². The Hall–Kier alpha value is -0.0000000000000000555. The van der Waals surface area contributed by atoms with E-state index in [-0.39, 0.29) is 6.54 Å². The Bertz CT molecular complexity index is 288. The second-order valence-corrected chi connectivity index (χ2v) is 4.89. The highest BCUT2D eigenvalue weighted by atomic mass is 79.9. The van der Waals surface area contributed by atoms with Gasteiger partial charge in [-0.15, -0.1) is 11.3 Å². The molecule has 0 saturated heterocycles. The van der Waals surface area contributed by atoms with Crippen molar-refractivity contribution in [2.45, 2.75) is 19.3 Å². The van der Waals surface area contributed by atoms with Gasteiger partial charge in [-0.2, -0.15) is 0 Å². The fourth-order valence-electron chi connectivity index (χ4n) is 1.08. The van der Waals surface area contributed by atoms with E-state index in [0.717, 1.165) is 9.35 Å². The molecule has 0 aliphatic rings. The summed E-state index contributed by atoms with van der Waals surface area (Å²) in [4.78, 5) is 1.66. The fourth-order valence-corrected chi connectivity index (χ4v) is 3.14. The van der Waals surface area contributed by atoms with Crippen LogP contribution in [0.25, 0.3) is 0 Å². The quantitative estimate of drug-likeness (QED) is 0.897. The van der Waals surface area contributed by atoms with Crippen LogP contribution >= 0.6 is 27.3 Å². The minimum absolute atomic E-state index is 0.0176. The Morgan fingerprint density at radius 3 is 2.54 bits per heavy atom. The third-order valence-corrected chi connectivity index (χ3v) is 3.83. The van der Waals surface area contributed by atoms with Gasteiger partial charge in [0, 0.05) is 20.8 Å². The third kappa shape index (κ3) is 2.48. The lowest BCUT2D eigenvalue weighted by Gasteiger charge is -2.11. The van der Waals surface area contributed by atoms with Crippen molar-refractivity contribution in [2.75, 3.05) is 6.54 Å². The summed E-state index contributed by atoms with van der Waals surface area (Å²) in [5.74, 6) is -0.840. The van der Waals surface area contributed by atoms with Crippen LogP contribution in [0, 0.1) is 6.92 Å². The van der Waals surface area contributed by atoms with Crippen molar-refractivity contribution >= 4 is 27.3 Å². The molecule has 5 heteroatoms. The van der Waals surface area contributed by atoms with Crippen LogP contribution in [0.3, 0.4) is 0 Å². The van der Waals surface area contributed by atoms with Crippen molar-refractivity contribution in [1.29, 1.82) is 0 Å². The summed E-state index contributed by atoms with van der Waals surface area (Å²) < 4.78 is 25.7. The molecule has 74 valence electrons. The number of aryl methyl sites for hydroxylation is 1. The first-order valence-electron chi connectivity index (χ1n) is 3.80. The van der Waals surface area contributed by atoms with E-state index in [9.17, 15) is 8.78 Å². The number of thiophene rings is 1. The zero-order valence-corrected chi connectivity index (χ0v) is 9.46. The zero-order chi connectivity index (χ0) is 10.0. The van der Waals surface area contributed by atoms with Gasteiger partial charge in [-0.3, -0.25) is 0 Å². The molecule has 0 fully saturated rings. The molecule has 1 unspecified atom stereocenters. The largest absolute Gasteiger partial charge is 0.330 e. The fraction of sp³-hybridized carbons (Fsp3) is 0.500. The molecule has 0 spiro atoms. The molecule has 0 aliphatic carbocycles. The van der Waals surface area contributed by atoms with Crippen molar-refractivity contribution < 1.29 is 8.78 Å². The van der Waals surface area contributed by atoms with Crippen LogP contribution in [0.1, 0.15) is 15.7 Å². The van der Waals surface area contributed by atoms with Crippen molar-refractivity contribution in [3.8, 4) is 0 Å². The van der Waals surface area contributed by atoms with Gasteiger partial charge >= 0.3 is 0 Å². The number of rotatable bonds is 3. The van der Waals surface area contributed by atoms with E-state index in [0.29, 0.717) is 4.88 Å². The van der Waals surface area contributed by atoms with Crippen LogP contribution in [0.4, 0.5) is 8.78 Å². The summed E-state index contributed by atoms with van der Waals surface area (Å²) in [5, 5.41) is 0. The first kappa shape index (κ1) is 11.1. The lowest BCUT2D eigenvalue weighted by Crippen LogP contribution is -2.18. The topological polar surface area (TPSA) is 26.0 Å². The van der Waals surface area contributed by atoms with E-state index in [2.05, 4.69) is 15.9 Å². The van der Waals surface area contributed by atoms with Crippen molar-refractivity contribution in [3.63, 3.8) is 0 Å². The van der Waals surface area contributed by atoms with E-state index in [1.807, 2.05) is 13.0 Å². The van der Waals surface area contributed by atoms with Crippen molar-refractivity contribution in [1.82, 2.24) is 0 Å². The minimum Gasteiger partial charge on any atom is -0.330 e. The summed E-state index contributed by atoms with van der Waals surface area (Å²) in [6, 6.07) is 1.84. The van der Waals surface area contributed by atoms with Gasteiger partial charge in [-0.1, -0.05) is 0 Å². The Morgan fingerprint density at radius 1 is 1.62 bits per heavy atom. The van der Waals surface area contributed by atoms with Crippen LogP contribution in [-0.4, -0.2) is 13.0 Å². The molecular formula is C8H10BrF2NS. The van der Waals surface area contributed by atoms with E-state index < -0.39 is 12.3 Å². The number of hydrogen-bond acceptors (Lipinski definition) is 2. The summed E-state index contributed by atoms with van der Waals surface area (Å²) >= 11 is 4.62. The number of hydrogen-bond donors (Lipinski definition) is 1. The Morgan fingerprint density at radius 2 is 2.23 bits per heavy atom. The Balaban J connectivity index is 2.97. The van der Waals surface area contributed by atoms with Gasteiger partial charge in [0.25, 0.3) is 0 Å². The lowest BCUT2D eigenvalue weighted by molar-refractivity contribution is 0.118. The second kappa shape index (κ2) is 4.48. The summed E-state index contributed by atoms with van der Waals surface area (Å²) in [6.07, 6.45) is -2.39. The molecule has 1 aromatic heterocycles. The van der Waals surface area contributed by atoms with Crippen molar-refractivity contribution in [2.24, 2.45) is 5.73 Å². The highest BCUT2D eigenvalue weighted by molar-refractivity contribution is 9.10. The molecule has 0 amide bonds. The number of halogens is 3. The molecule has 0 radical (unpaired) electrons. The van der Waals surface area contributed by atoms with Gasteiger partial charge in [-0.25, -0.2) is 8.78 Å². The van der Waals surface area contributed by atoms with Gasteiger partial charge in [-0.05, 0) is 28.9 Å². The molecule has 0 aromatic carbocycles. The van der Waals surface area contributed by atoms with Gasteiger partial charge < -0.3 is 5.73 Å². The molecular weight excluding hydrogens is 260 g/mol. The second-order valence-electron chi connectivity index (χ2n) is 2.75. The predicted molar refractivity (Wildman–Crippen MR) is 54.6 cm³/mol. The monoisotopic (exact) mass is 269 g/mol. The van der Waals surface area contributed by atoms with Gasteiger partial charge in [0.15, 0.2) is 0 Å². The molecule has 0 aliphatic heterocycles. The van der Waals surface area contributed by atoms with Crippen molar-refractivity contribution in [3.05, 3.63) is 20.3 Å². The standard InChI is InChI=1S/C8H10BrF2NS/c1-4-2-6(9)7(13-4)5(3-12)8(10)11/h2,5,8H,3,12H2,1H3. The first-order chi connectivity index (χ1) is 6.06. The normalized spacial score (nSPS) is 13.7. The van der Waals surface area contributed by atoms with E-state index >= 15 is 0 Å². The molecule has 1 rings (SSSR count). The smallest absolute Gasteiger partial charge is 0.247 e. The maximum absolute atomic E-state index is 12.5. The molecule has 1 atom stereocenters. The molecule has 1 heterocycles. The lowest BCUT2D eigenvalue weighted by atomic mass is 10.1. The summed E-state index contributed by atoms with van der Waals surface area (Å²) in [5.41, 5.74) is 5.29. The number of alkyl halides is 2. The molecule has 13 heavy (non-hydrogen) atoms. The molecule has 2 N–H and O–H groups in total. The maximum Gasteiger partial charge on any atom is 0.247 e. The maximum atomic E-state index is 12.5. The zero-order valence-electron chi connectivity index (χ0n) is 7.06. The van der Waals surface area contributed by atoms with Crippen LogP contribution in [0.2, 0.25) is 0 Å². The molecule has 1 nitrogen and oxygen atoms in total. The minimum atomic E-state index is -2.39. The van der Waals surface area contributed by atoms with Gasteiger partial charge in [0.2, 0.25) is 6.43 Å².